The molecule has 3 heterocycles. The third kappa shape index (κ3) is 2.18. The maximum atomic E-state index is 4.52. The standard InChI is InChI=1S/C14H21N5/c1-9(2)11-7-19(5-4-15-11)14-12-10(3)6-16-13(12)17-8-18-14/h6,8-9,11,15H,4-5,7H2,1-3H3,(H,16,17,18). The van der Waals surface area contributed by atoms with Gasteiger partial charge in [0.15, 0.2) is 0 Å². The molecule has 0 spiro atoms. The van der Waals surface area contributed by atoms with Crippen molar-refractivity contribution in [3.05, 3.63) is 18.1 Å². The molecule has 5 heteroatoms. The number of hydrogen-bond donors (Lipinski definition) is 2. The molecule has 2 aromatic rings. The topological polar surface area (TPSA) is 56.8 Å². The Kier molecular flexibility index (Phi) is 3.14. The van der Waals surface area contributed by atoms with Crippen molar-refractivity contribution in [3.8, 4) is 0 Å². The minimum Gasteiger partial charge on any atom is -0.353 e. The maximum Gasteiger partial charge on any atom is 0.143 e. The first-order valence-electron chi connectivity index (χ1n) is 6.94. The summed E-state index contributed by atoms with van der Waals surface area (Å²) in [4.78, 5) is 14.4. The quantitative estimate of drug-likeness (QED) is 0.862. The van der Waals surface area contributed by atoms with Crippen molar-refractivity contribution in [1.82, 2.24) is 20.3 Å². The Balaban J connectivity index is 1.97. The second-order valence-corrected chi connectivity index (χ2v) is 5.64. The Bertz CT molecular complexity index is 574. The van der Waals surface area contributed by atoms with Crippen LogP contribution in [0.4, 0.5) is 5.82 Å². The van der Waals surface area contributed by atoms with Crippen LogP contribution in [0.1, 0.15) is 19.4 Å². The van der Waals surface area contributed by atoms with E-state index in [9.17, 15) is 0 Å². The summed E-state index contributed by atoms with van der Waals surface area (Å²) in [6, 6.07) is 0.526. The molecule has 0 bridgehead atoms. The number of rotatable bonds is 2. The number of aromatic amines is 1. The van der Waals surface area contributed by atoms with Crippen LogP contribution in [0.3, 0.4) is 0 Å². The number of H-pyrrole nitrogens is 1. The van der Waals surface area contributed by atoms with Crippen LogP contribution in [0.25, 0.3) is 11.0 Å². The average Bonchev–Trinajstić information content (AvgIpc) is 2.81. The highest BCUT2D eigenvalue weighted by atomic mass is 15.3. The molecule has 102 valence electrons. The van der Waals surface area contributed by atoms with E-state index in [-0.39, 0.29) is 0 Å². The van der Waals surface area contributed by atoms with Crippen LogP contribution in [0.15, 0.2) is 12.5 Å². The molecule has 1 atom stereocenters. The summed E-state index contributed by atoms with van der Waals surface area (Å²) in [5, 5.41) is 4.74. The SMILES string of the molecule is Cc1c[nH]c2ncnc(N3CCNC(C(C)C)C3)c12. The van der Waals surface area contributed by atoms with E-state index < -0.39 is 0 Å². The summed E-state index contributed by atoms with van der Waals surface area (Å²) in [5.41, 5.74) is 2.15. The molecule has 0 saturated carbocycles. The van der Waals surface area contributed by atoms with E-state index in [0.29, 0.717) is 12.0 Å². The van der Waals surface area contributed by atoms with Gasteiger partial charge in [-0.2, -0.15) is 0 Å². The first-order chi connectivity index (χ1) is 9.16. The molecule has 1 aliphatic rings. The van der Waals surface area contributed by atoms with Gasteiger partial charge in [0.2, 0.25) is 0 Å². The third-order valence-corrected chi connectivity index (χ3v) is 3.96. The molecule has 1 unspecified atom stereocenters. The molecule has 1 aliphatic heterocycles. The molecule has 0 radical (unpaired) electrons. The fourth-order valence-corrected chi connectivity index (χ4v) is 2.75. The van der Waals surface area contributed by atoms with E-state index in [1.807, 2.05) is 6.20 Å². The van der Waals surface area contributed by atoms with Crippen LogP contribution in [-0.2, 0) is 0 Å². The summed E-state index contributed by atoms with van der Waals surface area (Å²) < 4.78 is 0. The zero-order valence-electron chi connectivity index (χ0n) is 11.8. The monoisotopic (exact) mass is 259 g/mol. The van der Waals surface area contributed by atoms with Crippen molar-refractivity contribution < 1.29 is 0 Å². The number of piperazine rings is 1. The third-order valence-electron chi connectivity index (χ3n) is 3.96. The highest BCUT2D eigenvalue weighted by molar-refractivity contribution is 5.90. The Labute approximate surface area is 113 Å². The Morgan fingerprint density at radius 3 is 3.00 bits per heavy atom. The van der Waals surface area contributed by atoms with Gasteiger partial charge in [-0.15, -0.1) is 0 Å². The molecular weight excluding hydrogens is 238 g/mol. The highest BCUT2D eigenvalue weighted by Gasteiger charge is 2.24. The van der Waals surface area contributed by atoms with Crippen molar-refractivity contribution in [2.45, 2.75) is 26.8 Å². The summed E-state index contributed by atoms with van der Waals surface area (Å²) in [6.07, 6.45) is 3.66. The highest BCUT2D eigenvalue weighted by Crippen LogP contribution is 2.26. The first-order valence-corrected chi connectivity index (χ1v) is 6.94. The predicted octanol–water partition coefficient (Wildman–Crippen LogP) is 1.70. The van der Waals surface area contributed by atoms with E-state index in [1.165, 1.54) is 5.56 Å². The lowest BCUT2D eigenvalue weighted by Crippen LogP contribution is -2.53. The number of hydrogen-bond acceptors (Lipinski definition) is 4. The Morgan fingerprint density at radius 2 is 2.21 bits per heavy atom. The summed E-state index contributed by atoms with van der Waals surface area (Å²) in [6.45, 7) is 9.65. The summed E-state index contributed by atoms with van der Waals surface area (Å²) in [5.74, 6) is 1.70. The molecule has 1 saturated heterocycles. The van der Waals surface area contributed by atoms with Gasteiger partial charge in [0.1, 0.15) is 17.8 Å². The van der Waals surface area contributed by atoms with Crippen molar-refractivity contribution >= 4 is 16.9 Å². The van der Waals surface area contributed by atoms with Crippen molar-refractivity contribution in [2.75, 3.05) is 24.5 Å². The lowest BCUT2D eigenvalue weighted by atomic mass is 10.0. The lowest BCUT2D eigenvalue weighted by molar-refractivity contribution is 0.367. The van der Waals surface area contributed by atoms with E-state index in [2.05, 4.69) is 45.9 Å². The number of aryl methyl sites for hydroxylation is 1. The van der Waals surface area contributed by atoms with Crippen molar-refractivity contribution in [3.63, 3.8) is 0 Å². The minimum atomic E-state index is 0.526. The Hall–Kier alpha value is -1.62. The van der Waals surface area contributed by atoms with Gasteiger partial charge in [0, 0.05) is 31.9 Å². The molecule has 0 aliphatic carbocycles. The number of fused-ring (bicyclic) bond motifs is 1. The first kappa shape index (κ1) is 12.4. The Morgan fingerprint density at radius 1 is 1.37 bits per heavy atom. The van der Waals surface area contributed by atoms with Crippen LogP contribution in [0, 0.1) is 12.8 Å². The molecule has 5 nitrogen and oxygen atoms in total. The van der Waals surface area contributed by atoms with Crippen LogP contribution >= 0.6 is 0 Å². The molecule has 2 N–H and O–H groups in total. The molecule has 0 aromatic carbocycles. The molecule has 0 amide bonds. The van der Waals surface area contributed by atoms with Crippen LogP contribution in [-0.4, -0.2) is 40.6 Å². The van der Waals surface area contributed by atoms with Gasteiger partial charge in [-0.25, -0.2) is 9.97 Å². The second-order valence-electron chi connectivity index (χ2n) is 5.64. The average molecular weight is 259 g/mol. The number of aromatic nitrogens is 3. The van der Waals surface area contributed by atoms with Crippen molar-refractivity contribution in [1.29, 1.82) is 0 Å². The van der Waals surface area contributed by atoms with Crippen molar-refractivity contribution in [2.24, 2.45) is 5.92 Å². The second kappa shape index (κ2) is 4.81. The van der Waals surface area contributed by atoms with Gasteiger partial charge in [-0.05, 0) is 18.4 Å². The zero-order valence-corrected chi connectivity index (χ0v) is 11.8. The summed E-state index contributed by atoms with van der Waals surface area (Å²) in [7, 11) is 0. The van der Waals surface area contributed by atoms with Crippen LogP contribution in [0.2, 0.25) is 0 Å². The normalized spacial score (nSPS) is 20.4. The van der Waals surface area contributed by atoms with Gasteiger partial charge >= 0.3 is 0 Å². The zero-order chi connectivity index (χ0) is 13.4. The molecule has 19 heavy (non-hydrogen) atoms. The van der Waals surface area contributed by atoms with Gasteiger partial charge < -0.3 is 15.2 Å². The fourth-order valence-electron chi connectivity index (χ4n) is 2.75. The number of nitrogens with one attached hydrogen (secondary N) is 2. The predicted molar refractivity (Wildman–Crippen MR) is 77.5 cm³/mol. The largest absolute Gasteiger partial charge is 0.353 e. The molecule has 2 aromatic heterocycles. The maximum absolute atomic E-state index is 4.52. The number of anilines is 1. The van der Waals surface area contributed by atoms with Gasteiger partial charge in [-0.3, -0.25) is 0 Å². The van der Waals surface area contributed by atoms with E-state index in [1.54, 1.807) is 6.33 Å². The van der Waals surface area contributed by atoms with Gasteiger partial charge in [-0.1, -0.05) is 13.8 Å². The van der Waals surface area contributed by atoms with Crippen LogP contribution < -0.4 is 10.2 Å². The van der Waals surface area contributed by atoms with E-state index in [0.717, 1.165) is 36.5 Å². The van der Waals surface area contributed by atoms with Crippen LogP contribution in [0.5, 0.6) is 0 Å². The minimum absolute atomic E-state index is 0.526. The van der Waals surface area contributed by atoms with E-state index >= 15 is 0 Å². The fraction of sp³-hybridized carbons (Fsp3) is 0.571. The number of nitrogens with zero attached hydrogens (tertiary/aromatic N) is 3. The smallest absolute Gasteiger partial charge is 0.143 e. The van der Waals surface area contributed by atoms with Gasteiger partial charge in [0.25, 0.3) is 0 Å². The molecular formula is C14H21N5. The van der Waals surface area contributed by atoms with Gasteiger partial charge in [0.05, 0.1) is 5.39 Å². The lowest BCUT2D eigenvalue weighted by Gasteiger charge is -2.36. The molecule has 3 rings (SSSR count). The van der Waals surface area contributed by atoms with E-state index in [4.69, 9.17) is 0 Å². The molecule has 1 fully saturated rings. The summed E-state index contributed by atoms with van der Waals surface area (Å²) >= 11 is 0.